The van der Waals surface area contributed by atoms with Crippen LogP contribution in [0.1, 0.15) is 11.1 Å². The summed E-state index contributed by atoms with van der Waals surface area (Å²) in [4.78, 5) is 11.6. The van der Waals surface area contributed by atoms with E-state index in [9.17, 15) is 4.79 Å². The molecule has 4 nitrogen and oxygen atoms in total. The Balaban J connectivity index is 1.69. The normalized spacial score (nSPS) is 10.1. The zero-order valence-corrected chi connectivity index (χ0v) is 12.4. The summed E-state index contributed by atoms with van der Waals surface area (Å²) in [7, 11) is 0. The maximum absolute atomic E-state index is 11.6. The number of rotatable bonds is 5. The Morgan fingerprint density at radius 1 is 1.25 bits per heavy atom. The first-order chi connectivity index (χ1) is 9.63. The highest BCUT2D eigenvalue weighted by Crippen LogP contribution is 2.16. The third kappa shape index (κ3) is 4.59. The molecule has 0 aliphatic heterocycles. The van der Waals surface area contributed by atoms with Crippen LogP contribution in [0.25, 0.3) is 0 Å². The molecule has 2 aromatic rings. The molecule has 1 heterocycles. The number of benzene rings is 1. The van der Waals surface area contributed by atoms with Gasteiger partial charge in [-0.15, -0.1) is 11.3 Å². The van der Waals surface area contributed by atoms with Crippen LogP contribution in [-0.4, -0.2) is 19.2 Å². The molecule has 20 heavy (non-hydrogen) atoms. The number of nitrogens with one attached hydrogen (secondary N) is 2. The van der Waals surface area contributed by atoms with Crippen molar-refractivity contribution in [2.24, 2.45) is 0 Å². The van der Waals surface area contributed by atoms with Crippen LogP contribution in [0.15, 0.2) is 35.7 Å². The van der Waals surface area contributed by atoms with E-state index in [2.05, 4.69) is 16.7 Å². The first-order valence-electron chi connectivity index (χ1n) is 6.43. The molecule has 0 bridgehead atoms. The number of carbonyl (C=O) groups is 1. The minimum Gasteiger partial charge on any atom is -0.492 e. The van der Waals surface area contributed by atoms with Crippen molar-refractivity contribution in [3.8, 4) is 5.75 Å². The van der Waals surface area contributed by atoms with Gasteiger partial charge in [0.2, 0.25) is 0 Å². The predicted molar refractivity (Wildman–Crippen MR) is 82.8 cm³/mol. The first kappa shape index (κ1) is 14.4. The predicted octanol–water partition coefficient (Wildman–Crippen LogP) is 3.57. The lowest BCUT2D eigenvalue weighted by Gasteiger charge is -2.09. The molecular weight excluding hydrogens is 272 g/mol. The molecule has 0 atom stereocenters. The van der Waals surface area contributed by atoms with E-state index in [1.165, 1.54) is 22.5 Å². The average Bonchev–Trinajstić information content (AvgIpc) is 2.86. The highest BCUT2D eigenvalue weighted by Gasteiger charge is 2.02. The molecule has 2 amide bonds. The van der Waals surface area contributed by atoms with Gasteiger partial charge in [0.15, 0.2) is 0 Å². The van der Waals surface area contributed by atoms with Gasteiger partial charge < -0.3 is 10.1 Å². The van der Waals surface area contributed by atoms with Crippen molar-refractivity contribution in [3.63, 3.8) is 0 Å². The second kappa shape index (κ2) is 6.96. The van der Waals surface area contributed by atoms with Crippen molar-refractivity contribution in [2.75, 3.05) is 18.5 Å². The number of hydrogen-bond acceptors (Lipinski definition) is 3. The highest BCUT2D eigenvalue weighted by atomic mass is 32.1. The van der Waals surface area contributed by atoms with Crippen molar-refractivity contribution < 1.29 is 9.53 Å². The standard InChI is InChI=1S/C15H18N2O2S/c1-11-8-12(2)10-13(9-11)19-6-5-16-15(18)17-14-4-3-7-20-14/h3-4,7-10H,5-6H2,1-2H3,(H2,16,17,18). The van der Waals surface area contributed by atoms with Crippen LogP contribution in [0.4, 0.5) is 9.80 Å². The van der Waals surface area contributed by atoms with E-state index in [-0.39, 0.29) is 6.03 Å². The van der Waals surface area contributed by atoms with Crippen LogP contribution in [-0.2, 0) is 0 Å². The molecule has 0 aliphatic rings. The fourth-order valence-corrected chi connectivity index (χ4v) is 2.47. The third-order valence-electron chi connectivity index (χ3n) is 2.61. The number of urea groups is 1. The highest BCUT2D eigenvalue weighted by molar-refractivity contribution is 7.14. The van der Waals surface area contributed by atoms with Gasteiger partial charge in [-0.05, 0) is 54.6 Å². The number of aryl methyl sites for hydroxylation is 2. The van der Waals surface area contributed by atoms with E-state index in [1.54, 1.807) is 0 Å². The second-order valence-corrected chi connectivity index (χ2v) is 5.48. The van der Waals surface area contributed by atoms with Gasteiger partial charge in [-0.2, -0.15) is 0 Å². The van der Waals surface area contributed by atoms with Gasteiger partial charge in [0.25, 0.3) is 0 Å². The quantitative estimate of drug-likeness (QED) is 0.827. The summed E-state index contributed by atoms with van der Waals surface area (Å²) >= 11 is 1.49. The number of ether oxygens (including phenoxy) is 1. The van der Waals surface area contributed by atoms with E-state index in [0.29, 0.717) is 13.2 Å². The second-order valence-electron chi connectivity index (χ2n) is 4.53. The van der Waals surface area contributed by atoms with E-state index in [0.717, 1.165) is 10.8 Å². The van der Waals surface area contributed by atoms with Crippen LogP contribution in [0.2, 0.25) is 0 Å². The van der Waals surface area contributed by atoms with Crippen molar-refractivity contribution >= 4 is 22.4 Å². The molecule has 2 N–H and O–H groups in total. The summed E-state index contributed by atoms with van der Waals surface area (Å²) in [6.07, 6.45) is 0. The molecule has 1 aromatic heterocycles. The summed E-state index contributed by atoms with van der Waals surface area (Å²) < 4.78 is 5.61. The number of hydrogen-bond donors (Lipinski definition) is 2. The molecule has 0 saturated carbocycles. The largest absolute Gasteiger partial charge is 0.492 e. The van der Waals surface area contributed by atoms with Crippen molar-refractivity contribution in [3.05, 3.63) is 46.8 Å². The van der Waals surface area contributed by atoms with Gasteiger partial charge in [-0.3, -0.25) is 5.32 Å². The van der Waals surface area contributed by atoms with Crippen molar-refractivity contribution in [1.82, 2.24) is 5.32 Å². The molecule has 0 fully saturated rings. The summed E-state index contributed by atoms with van der Waals surface area (Å²) in [6, 6.07) is 9.60. The molecule has 2 rings (SSSR count). The van der Waals surface area contributed by atoms with Gasteiger partial charge in [0.1, 0.15) is 12.4 Å². The summed E-state index contributed by atoms with van der Waals surface area (Å²) in [5.74, 6) is 0.836. The SMILES string of the molecule is Cc1cc(C)cc(OCCNC(=O)Nc2cccs2)c1. The van der Waals surface area contributed by atoms with E-state index in [4.69, 9.17) is 4.74 Å². The van der Waals surface area contributed by atoms with Crippen LogP contribution in [0.5, 0.6) is 5.75 Å². The fourth-order valence-electron chi connectivity index (χ4n) is 1.86. The lowest BCUT2D eigenvalue weighted by atomic mass is 10.1. The van der Waals surface area contributed by atoms with Crippen LogP contribution in [0, 0.1) is 13.8 Å². The van der Waals surface area contributed by atoms with Gasteiger partial charge in [-0.25, -0.2) is 4.79 Å². The lowest BCUT2D eigenvalue weighted by Crippen LogP contribution is -2.31. The minimum absolute atomic E-state index is 0.212. The molecule has 5 heteroatoms. The molecule has 0 saturated heterocycles. The zero-order chi connectivity index (χ0) is 14.4. The Morgan fingerprint density at radius 2 is 2.00 bits per heavy atom. The Morgan fingerprint density at radius 3 is 2.65 bits per heavy atom. The van der Waals surface area contributed by atoms with E-state index >= 15 is 0 Å². The molecular formula is C15H18N2O2S. The molecule has 0 radical (unpaired) electrons. The van der Waals surface area contributed by atoms with Gasteiger partial charge in [0.05, 0.1) is 11.5 Å². The fraction of sp³-hybridized carbons (Fsp3) is 0.267. The first-order valence-corrected chi connectivity index (χ1v) is 7.31. The molecule has 106 valence electrons. The lowest BCUT2D eigenvalue weighted by molar-refractivity contribution is 0.247. The monoisotopic (exact) mass is 290 g/mol. The topological polar surface area (TPSA) is 50.4 Å². The Labute approximate surface area is 122 Å². The number of thiophene rings is 1. The molecule has 0 unspecified atom stereocenters. The van der Waals surface area contributed by atoms with Crippen LogP contribution >= 0.6 is 11.3 Å². The van der Waals surface area contributed by atoms with Gasteiger partial charge in [-0.1, -0.05) is 6.07 Å². The van der Waals surface area contributed by atoms with Crippen molar-refractivity contribution in [1.29, 1.82) is 0 Å². The Bertz CT molecular complexity index is 547. The smallest absolute Gasteiger partial charge is 0.319 e. The molecule has 1 aromatic carbocycles. The number of carbonyl (C=O) groups excluding carboxylic acids is 1. The Hall–Kier alpha value is -2.01. The number of amides is 2. The number of anilines is 1. The van der Waals surface area contributed by atoms with E-state index in [1.807, 2.05) is 43.5 Å². The van der Waals surface area contributed by atoms with Crippen LogP contribution < -0.4 is 15.4 Å². The van der Waals surface area contributed by atoms with Gasteiger partial charge >= 0.3 is 6.03 Å². The summed E-state index contributed by atoms with van der Waals surface area (Å²) in [5, 5.41) is 8.25. The summed E-state index contributed by atoms with van der Waals surface area (Å²) in [6.45, 7) is 4.98. The Kier molecular flexibility index (Phi) is 5.01. The summed E-state index contributed by atoms with van der Waals surface area (Å²) in [5.41, 5.74) is 2.34. The van der Waals surface area contributed by atoms with E-state index < -0.39 is 0 Å². The maximum Gasteiger partial charge on any atom is 0.319 e. The third-order valence-corrected chi connectivity index (χ3v) is 3.39. The zero-order valence-electron chi connectivity index (χ0n) is 11.6. The maximum atomic E-state index is 11.6. The molecule has 0 spiro atoms. The average molecular weight is 290 g/mol. The van der Waals surface area contributed by atoms with Crippen molar-refractivity contribution in [2.45, 2.75) is 13.8 Å². The molecule has 0 aliphatic carbocycles. The van der Waals surface area contributed by atoms with Gasteiger partial charge in [0, 0.05) is 0 Å². The minimum atomic E-state index is -0.212. The van der Waals surface area contributed by atoms with Crippen LogP contribution in [0.3, 0.4) is 0 Å².